The van der Waals surface area contributed by atoms with Crippen LogP contribution < -0.4 is 16.8 Å². The van der Waals surface area contributed by atoms with Crippen LogP contribution in [0.25, 0.3) is 0 Å². The van der Waals surface area contributed by atoms with E-state index in [9.17, 15) is 0 Å². The minimum absolute atomic E-state index is 0.0982. The summed E-state index contributed by atoms with van der Waals surface area (Å²) in [6.45, 7) is 0.199. The third kappa shape index (κ3) is 2.28. The van der Waals surface area contributed by atoms with Crippen LogP contribution in [0.15, 0.2) is 0 Å². The van der Waals surface area contributed by atoms with E-state index in [4.69, 9.17) is 28.2 Å². The molecule has 1 aliphatic carbocycles. The van der Waals surface area contributed by atoms with Gasteiger partial charge in [0.25, 0.3) is 0 Å². The van der Waals surface area contributed by atoms with Crippen LogP contribution in [-0.4, -0.2) is 27.7 Å². The van der Waals surface area contributed by atoms with E-state index < -0.39 is 0 Å². The first-order chi connectivity index (χ1) is 7.61. The van der Waals surface area contributed by atoms with Gasteiger partial charge in [-0.15, -0.1) is 0 Å². The van der Waals surface area contributed by atoms with Crippen LogP contribution in [-0.2, 0) is 0 Å². The quantitative estimate of drug-likeness (QED) is 0.573. The molecule has 2 unspecified atom stereocenters. The number of hydrogen-bond donors (Lipinski definition) is 4. The van der Waals surface area contributed by atoms with E-state index in [-0.39, 0.29) is 17.7 Å². The Balaban J connectivity index is 2.05. The summed E-state index contributed by atoms with van der Waals surface area (Å²) in [5.41, 5.74) is 11.5. The summed E-state index contributed by atoms with van der Waals surface area (Å²) in [4.78, 5) is 7.74. The van der Waals surface area contributed by atoms with E-state index in [1.54, 1.807) is 0 Å². The second-order valence-corrected chi connectivity index (χ2v) is 4.25. The number of aliphatic hydroxyl groups excluding tert-OH is 1. The number of nitrogens with two attached hydrogens (primary N) is 2. The van der Waals surface area contributed by atoms with Gasteiger partial charge < -0.3 is 21.9 Å². The number of nitrogens with one attached hydrogen (secondary N) is 1. The van der Waals surface area contributed by atoms with Crippen LogP contribution in [0, 0.1) is 5.92 Å². The van der Waals surface area contributed by atoms with Gasteiger partial charge in [-0.05, 0) is 18.8 Å². The highest BCUT2D eigenvalue weighted by molar-refractivity contribution is 6.32. The van der Waals surface area contributed by atoms with Crippen molar-refractivity contribution in [1.29, 1.82) is 0 Å². The number of aromatic nitrogens is 2. The van der Waals surface area contributed by atoms with E-state index in [0.29, 0.717) is 23.5 Å². The monoisotopic (exact) mass is 243 g/mol. The number of nitrogen functional groups attached to an aromatic ring is 2. The second-order valence-electron chi connectivity index (χ2n) is 3.89. The fraction of sp³-hybridized carbons (Fsp3) is 0.556. The van der Waals surface area contributed by atoms with E-state index in [2.05, 4.69) is 15.3 Å². The first kappa shape index (κ1) is 11.2. The van der Waals surface area contributed by atoms with Gasteiger partial charge in [-0.2, -0.15) is 9.97 Å². The zero-order valence-electron chi connectivity index (χ0n) is 8.65. The van der Waals surface area contributed by atoms with Gasteiger partial charge in [0.05, 0.1) is 0 Å². The average molecular weight is 244 g/mol. The molecule has 0 spiro atoms. The molecule has 6 nitrogen and oxygen atoms in total. The molecule has 88 valence electrons. The zero-order chi connectivity index (χ0) is 11.7. The molecule has 0 radical (unpaired) electrons. The molecule has 0 saturated heterocycles. The van der Waals surface area contributed by atoms with Crippen molar-refractivity contribution in [2.24, 2.45) is 5.92 Å². The second kappa shape index (κ2) is 4.31. The number of hydrogen-bond acceptors (Lipinski definition) is 6. The molecule has 1 aromatic rings. The summed E-state index contributed by atoms with van der Waals surface area (Å²) in [7, 11) is 0. The minimum Gasteiger partial charge on any atom is -0.396 e. The summed E-state index contributed by atoms with van der Waals surface area (Å²) in [6.07, 6.45) is 1.79. The Morgan fingerprint density at radius 2 is 2.19 bits per heavy atom. The summed E-state index contributed by atoms with van der Waals surface area (Å²) < 4.78 is 0. The highest BCUT2D eigenvalue weighted by atomic mass is 35.5. The van der Waals surface area contributed by atoms with Crippen LogP contribution in [0.2, 0.25) is 5.15 Å². The smallest absolute Gasteiger partial charge is 0.223 e. The van der Waals surface area contributed by atoms with E-state index in [1.165, 1.54) is 0 Å². The van der Waals surface area contributed by atoms with Crippen molar-refractivity contribution in [3.63, 3.8) is 0 Å². The Bertz CT molecular complexity index is 400. The standard InChI is InChI=1S/C9H14ClN5O/c10-7-6(11)8(15-9(12)14-7)13-5-3-4(5)1-2-16/h4-5,16H,1-3,11H2,(H3,12,13,14,15). The SMILES string of the molecule is Nc1nc(Cl)c(N)c(NC2CC2CCO)n1. The lowest BCUT2D eigenvalue weighted by molar-refractivity contribution is 0.279. The van der Waals surface area contributed by atoms with Crippen molar-refractivity contribution >= 4 is 29.1 Å². The highest BCUT2D eigenvalue weighted by Crippen LogP contribution is 2.37. The molecule has 0 aromatic carbocycles. The van der Waals surface area contributed by atoms with Gasteiger partial charge in [0.2, 0.25) is 5.95 Å². The molecule has 1 fully saturated rings. The Hall–Kier alpha value is -1.27. The molecule has 1 heterocycles. The number of rotatable bonds is 4. The number of anilines is 3. The van der Waals surface area contributed by atoms with E-state index in [1.807, 2.05) is 0 Å². The maximum Gasteiger partial charge on any atom is 0.223 e. The molecule has 0 bridgehead atoms. The molecule has 16 heavy (non-hydrogen) atoms. The fourth-order valence-corrected chi connectivity index (χ4v) is 1.83. The summed E-state index contributed by atoms with van der Waals surface area (Å²) in [5.74, 6) is 1.04. The van der Waals surface area contributed by atoms with E-state index >= 15 is 0 Å². The summed E-state index contributed by atoms with van der Waals surface area (Å²) in [5, 5.41) is 12.1. The van der Waals surface area contributed by atoms with Crippen LogP contribution in [0.5, 0.6) is 0 Å². The minimum atomic E-state index is 0.0982. The zero-order valence-corrected chi connectivity index (χ0v) is 9.41. The van der Waals surface area contributed by atoms with Crippen molar-refractivity contribution in [1.82, 2.24) is 9.97 Å². The normalized spacial score (nSPS) is 23.1. The molecule has 7 heteroatoms. The lowest BCUT2D eigenvalue weighted by Crippen LogP contribution is -2.11. The molecular formula is C9H14ClN5O. The van der Waals surface area contributed by atoms with Gasteiger partial charge in [-0.1, -0.05) is 11.6 Å². The van der Waals surface area contributed by atoms with Crippen LogP contribution in [0.4, 0.5) is 17.5 Å². The van der Waals surface area contributed by atoms with Crippen LogP contribution in [0.1, 0.15) is 12.8 Å². The van der Waals surface area contributed by atoms with E-state index in [0.717, 1.165) is 12.8 Å². The first-order valence-corrected chi connectivity index (χ1v) is 5.45. The van der Waals surface area contributed by atoms with Crippen molar-refractivity contribution in [2.75, 3.05) is 23.4 Å². The van der Waals surface area contributed by atoms with Crippen LogP contribution in [0.3, 0.4) is 0 Å². The lowest BCUT2D eigenvalue weighted by atomic mass is 10.3. The number of aliphatic hydroxyl groups is 1. The molecule has 2 rings (SSSR count). The topological polar surface area (TPSA) is 110 Å². The summed E-state index contributed by atoms with van der Waals surface area (Å²) >= 11 is 5.78. The predicted octanol–water partition coefficient (Wildman–Crippen LogP) is 0.477. The fourth-order valence-electron chi connectivity index (χ4n) is 1.65. The molecule has 6 N–H and O–H groups in total. The molecule has 2 atom stereocenters. The predicted molar refractivity (Wildman–Crippen MR) is 63.1 cm³/mol. The molecule has 1 aromatic heterocycles. The van der Waals surface area contributed by atoms with Gasteiger partial charge >= 0.3 is 0 Å². The van der Waals surface area contributed by atoms with Gasteiger partial charge in [0, 0.05) is 12.6 Å². The highest BCUT2D eigenvalue weighted by Gasteiger charge is 2.37. The van der Waals surface area contributed by atoms with Crippen molar-refractivity contribution in [2.45, 2.75) is 18.9 Å². The maximum atomic E-state index is 8.78. The van der Waals surface area contributed by atoms with Crippen molar-refractivity contribution < 1.29 is 5.11 Å². The Morgan fingerprint density at radius 1 is 1.44 bits per heavy atom. The third-order valence-corrected chi connectivity index (χ3v) is 2.95. The van der Waals surface area contributed by atoms with Crippen molar-refractivity contribution in [3.8, 4) is 0 Å². The average Bonchev–Trinajstić information content (AvgIpc) is 2.93. The molecular weight excluding hydrogens is 230 g/mol. The number of nitrogens with zero attached hydrogens (tertiary/aromatic N) is 2. The summed E-state index contributed by atoms with van der Waals surface area (Å²) in [6, 6.07) is 0.291. The molecule has 0 amide bonds. The molecule has 0 aliphatic heterocycles. The van der Waals surface area contributed by atoms with Gasteiger partial charge in [0.15, 0.2) is 11.0 Å². The van der Waals surface area contributed by atoms with Gasteiger partial charge in [0.1, 0.15) is 5.69 Å². The molecule has 1 saturated carbocycles. The number of halogens is 1. The Labute approximate surface area is 98.0 Å². The largest absolute Gasteiger partial charge is 0.396 e. The van der Waals surface area contributed by atoms with Crippen molar-refractivity contribution in [3.05, 3.63) is 5.15 Å². The van der Waals surface area contributed by atoms with Gasteiger partial charge in [-0.3, -0.25) is 0 Å². The maximum absolute atomic E-state index is 8.78. The first-order valence-electron chi connectivity index (χ1n) is 5.07. The molecule has 1 aliphatic rings. The third-order valence-electron chi connectivity index (χ3n) is 2.66. The Kier molecular flexibility index (Phi) is 3.02. The lowest BCUT2D eigenvalue weighted by Gasteiger charge is -2.09. The van der Waals surface area contributed by atoms with Gasteiger partial charge in [-0.25, -0.2) is 0 Å². The van der Waals surface area contributed by atoms with Crippen LogP contribution >= 0.6 is 11.6 Å². The Morgan fingerprint density at radius 3 is 2.88 bits per heavy atom.